The molecule has 0 aromatic carbocycles. The topological polar surface area (TPSA) is 37.3 Å². The van der Waals surface area contributed by atoms with Crippen LogP contribution >= 0.6 is 0 Å². The lowest BCUT2D eigenvalue weighted by Crippen LogP contribution is -2.39. The molecular formula is C32H64O2. The average molecular weight is 481 g/mol. The van der Waals surface area contributed by atoms with Gasteiger partial charge in [-0.1, -0.05) is 169 Å². The second-order valence-electron chi connectivity index (χ2n) is 11.2. The number of hydrogen-bond donors (Lipinski definition) is 1. The third-order valence-electron chi connectivity index (χ3n) is 8.31. The van der Waals surface area contributed by atoms with E-state index in [1.807, 2.05) is 0 Å². The lowest BCUT2D eigenvalue weighted by molar-refractivity contribution is -0.155. The summed E-state index contributed by atoms with van der Waals surface area (Å²) in [6.07, 6.45) is 31.1. The number of carboxylic acid groups (broad SMARTS) is 1. The van der Waals surface area contributed by atoms with Gasteiger partial charge in [-0.2, -0.15) is 0 Å². The fraction of sp³-hybridized carbons (Fsp3) is 0.969. The molecule has 0 rings (SSSR count). The van der Waals surface area contributed by atoms with E-state index in [1.54, 1.807) is 0 Å². The van der Waals surface area contributed by atoms with Crippen LogP contribution in [0.5, 0.6) is 0 Å². The fourth-order valence-corrected chi connectivity index (χ4v) is 5.94. The highest BCUT2D eigenvalue weighted by molar-refractivity contribution is 5.75. The number of aliphatic carboxylic acids is 1. The molecule has 2 atom stereocenters. The van der Waals surface area contributed by atoms with Crippen molar-refractivity contribution >= 4 is 5.97 Å². The van der Waals surface area contributed by atoms with E-state index in [2.05, 4.69) is 27.7 Å². The maximum absolute atomic E-state index is 12.8. The zero-order valence-corrected chi connectivity index (χ0v) is 24.1. The lowest BCUT2D eigenvalue weighted by atomic mass is 9.65. The van der Waals surface area contributed by atoms with Crippen molar-refractivity contribution in [3.63, 3.8) is 0 Å². The highest BCUT2D eigenvalue weighted by Crippen LogP contribution is 2.44. The van der Waals surface area contributed by atoms with E-state index in [-0.39, 0.29) is 0 Å². The van der Waals surface area contributed by atoms with Gasteiger partial charge in [0.2, 0.25) is 0 Å². The predicted molar refractivity (Wildman–Crippen MR) is 152 cm³/mol. The van der Waals surface area contributed by atoms with E-state index >= 15 is 0 Å². The van der Waals surface area contributed by atoms with Gasteiger partial charge in [0.05, 0.1) is 5.41 Å². The van der Waals surface area contributed by atoms with Crippen LogP contribution in [0.15, 0.2) is 0 Å². The van der Waals surface area contributed by atoms with Crippen molar-refractivity contribution in [1.29, 1.82) is 0 Å². The third kappa shape index (κ3) is 16.2. The van der Waals surface area contributed by atoms with Gasteiger partial charge in [0.25, 0.3) is 0 Å². The average Bonchev–Trinajstić information content (AvgIpc) is 2.83. The molecular weight excluding hydrogens is 416 g/mol. The van der Waals surface area contributed by atoms with Crippen molar-refractivity contribution in [2.24, 2.45) is 11.3 Å². The summed E-state index contributed by atoms with van der Waals surface area (Å²) in [4.78, 5) is 12.8. The van der Waals surface area contributed by atoms with E-state index < -0.39 is 11.4 Å². The lowest BCUT2D eigenvalue weighted by Gasteiger charge is -2.38. The molecule has 2 nitrogen and oxygen atoms in total. The minimum absolute atomic E-state index is 0.347. The molecule has 0 amide bonds. The third-order valence-corrected chi connectivity index (χ3v) is 8.31. The molecule has 0 bridgehead atoms. The molecule has 2 unspecified atom stereocenters. The second-order valence-corrected chi connectivity index (χ2v) is 11.2. The summed E-state index contributed by atoms with van der Waals surface area (Å²) in [5.74, 6) is -0.146. The maximum Gasteiger partial charge on any atom is 0.309 e. The summed E-state index contributed by atoms with van der Waals surface area (Å²) >= 11 is 0. The van der Waals surface area contributed by atoms with Gasteiger partial charge in [0.15, 0.2) is 0 Å². The standard InChI is InChI=1S/C32H64O2/c1-5-9-12-14-16-17-18-19-20-21-23-26-29-32(31(33)34,28-25-22-15-13-10-6-2)30(8-4)27-24-11-7-3/h30H,5-29H2,1-4H3,(H,33,34). The minimum atomic E-state index is -0.493. The summed E-state index contributed by atoms with van der Waals surface area (Å²) in [6.45, 7) is 9.02. The normalized spacial score (nSPS) is 14.2. The largest absolute Gasteiger partial charge is 0.481 e. The van der Waals surface area contributed by atoms with Crippen molar-refractivity contribution < 1.29 is 9.90 Å². The Labute approximate surface area is 215 Å². The molecule has 0 radical (unpaired) electrons. The molecule has 0 aliphatic rings. The van der Waals surface area contributed by atoms with Crippen LogP contribution in [0.3, 0.4) is 0 Å². The van der Waals surface area contributed by atoms with Crippen LogP contribution in [0.4, 0.5) is 0 Å². The Bertz CT molecular complexity index is 433. The molecule has 0 aliphatic carbocycles. The first-order valence-electron chi connectivity index (χ1n) is 15.8. The van der Waals surface area contributed by atoms with Crippen LogP contribution in [0.2, 0.25) is 0 Å². The molecule has 0 aromatic heterocycles. The monoisotopic (exact) mass is 480 g/mol. The van der Waals surface area contributed by atoms with Gasteiger partial charge in [0.1, 0.15) is 0 Å². The van der Waals surface area contributed by atoms with E-state index in [4.69, 9.17) is 0 Å². The summed E-state index contributed by atoms with van der Waals surface area (Å²) in [5.41, 5.74) is -0.480. The number of hydrogen-bond acceptors (Lipinski definition) is 1. The summed E-state index contributed by atoms with van der Waals surface area (Å²) < 4.78 is 0. The zero-order valence-electron chi connectivity index (χ0n) is 24.1. The molecule has 0 heterocycles. The molecule has 2 heteroatoms. The minimum Gasteiger partial charge on any atom is -0.481 e. The molecule has 0 aromatic rings. The highest BCUT2D eigenvalue weighted by atomic mass is 16.4. The van der Waals surface area contributed by atoms with Crippen LogP contribution in [-0.4, -0.2) is 11.1 Å². The second kappa shape index (κ2) is 24.2. The predicted octanol–water partition coefficient (Wildman–Crippen LogP) is 11.5. The van der Waals surface area contributed by atoms with Gasteiger partial charge >= 0.3 is 5.97 Å². The van der Waals surface area contributed by atoms with E-state index in [0.29, 0.717) is 5.92 Å². The molecule has 0 saturated carbocycles. The van der Waals surface area contributed by atoms with Gasteiger partial charge in [-0.15, -0.1) is 0 Å². The van der Waals surface area contributed by atoms with E-state index in [1.165, 1.54) is 122 Å². The van der Waals surface area contributed by atoms with Crippen molar-refractivity contribution in [2.75, 3.05) is 0 Å². The number of carbonyl (C=O) groups is 1. The molecule has 34 heavy (non-hydrogen) atoms. The maximum atomic E-state index is 12.8. The fourth-order valence-electron chi connectivity index (χ4n) is 5.94. The molecule has 204 valence electrons. The molecule has 0 saturated heterocycles. The van der Waals surface area contributed by atoms with Crippen molar-refractivity contribution in [1.82, 2.24) is 0 Å². The zero-order chi connectivity index (χ0) is 25.3. The molecule has 1 N–H and O–H groups in total. The van der Waals surface area contributed by atoms with Gasteiger partial charge in [-0.3, -0.25) is 4.79 Å². The van der Waals surface area contributed by atoms with Gasteiger partial charge in [-0.25, -0.2) is 0 Å². The Morgan fingerprint density at radius 2 is 0.853 bits per heavy atom. The first kappa shape index (κ1) is 33.5. The molecule has 0 aliphatic heterocycles. The quantitative estimate of drug-likeness (QED) is 0.119. The van der Waals surface area contributed by atoms with Gasteiger partial charge in [0, 0.05) is 0 Å². The van der Waals surface area contributed by atoms with Crippen molar-refractivity contribution in [2.45, 2.75) is 188 Å². The van der Waals surface area contributed by atoms with E-state index in [9.17, 15) is 9.90 Å². The summed E-state index contributed by atoms with van der Waals surface area (Å²) in [7, 11) is 0. The molecule has 0 fully saturated rings. The molecule has 0 spiro atoms. The van der Waals surface area contributed by atoms with Crippen LogP contribution in [0.1, 0.15) is 188 Å². The SMILES string of the molecule is CCCCCCCCCCCCCCC(CCCCCCCC)(C(=O)O)C(CC)CCCCC. The number of unbranched alkanes of at least 4 members (excludes halogenated alkanes) is 18. The Kier molecular flexibility index (Phi) is 23.8. The van der Waals surface area contributed by atoms with Crippen LogP contribution < -0.4 is 0 Å². The Morgan fingerprint density at radius 1 is 0.529 bits per heavy atom. The number of carboxylic acids is 1. The summed E-state index contributed by atoms with van der Waals surface area (Å²) in [5, 5.41) is 10.5. The van der Waals surface area contributed by atoms with E-state index in [0.717, 1.165) is 38.5 Å². The van der Waals surface area contributed by atoms with Gasteiger partial charge in [-0.05, 0) is 25.2 Å². The smallest absolute Gasteiger partial charge is 0.309 e. The van der Waals surface area contributed by atoms with Crippen LogP contribution in [-0.2, 0) is 4.79 Å². The van der Waals surface area contributed by atoms with Crippen molar-refractivity contribution in [3.8, 4) is 0 Å². The van der Waals surface area contributed by atoms with Crippen LogP contribution in [0, 0.1) is 11.3 Å². The van der Waals surface area contributed by atoms with Gasteiger partial charge < -0.3 is 5.11 Å². The van der Waals surface area contributed by atoms with Crippen LogP contribution in [0.25, 0.3) is 0 Å². The first-order valence-corrected chi connectivity index (χ1v) is 15.8. The van der Waals surface area contributed by atoms with Crippen molar-refractivity contribution in [3.05, 3.63) is 0 Å². The Balaban J connectivity index is 4.54. The summed E-state index contributed by atoms with van der Waals surface area (Å²) in [6, 6.07) is 0. The first-order chi connectivity index (χ1) is 16.6. The Hall–Kier alpha value is -0.530. The number of rotatable bonds is 27. The highest BCUT2D eigenvalue weighted by Gasteiger charge is 2.43. The Morgan fingerprint density at radius 3 is 1.18 bits per heavy atom.